The van der Waals surface area contributed by atoms with Crippen molar-refractivity contribution in [3.8, 4) is 5.75 Å². The fourth-order valence-electron chi connectivity index (χ4n) is 1.89. The lowest BCUT2D eigenvalue weighted by molar-refractivity contribution is -0.132. The first-order valence-electron chi connectivity index (χ1n) is 7.51. The van der Waals surface area contributed by atoms with Crippen LogP contribution in [0.1, 0.15) is 44.5 Å². The molecule has 0 unspecified atom stereocenters. The first-order chi connectivity index (χ1) is 10.7. The molecule has 23 heavy (non-hydrogen) atoms. The maximum Gasteiger partial charge on any atom is 0.308 e. The largest absolute Gasteiger partial charge is 0.427 e. The molecule has 6 nitrogen and oxygen atoms in total. The predicted octanol–water partition coefficient (Wildman–Crippen LogP) is 1.89. The summed E-state index contributed by atoms with van der Waals surface area (Å²) in [6.07, 6.45) is 0.436. The van der Waals surface area contributed by atoms with Crippen LogP contribution in [-0.2, 0) is 9.59 Å². The smallest absolute Gasteiger partial charge is 0.308 e. The van der Waals surface area contributed by atoms with Crippen LogP contribution < -0.4 is 15.4 Å². The van der Waals surface area contributed by atoms with Crippen molar-refractivity contribution in [2.75, 3.05) is 13.1 Å². The zero-order chi connectivity index (χ0) is 17.5. The Morgan fingerprint density at radius 2 is 1.74 bits per heavy atom. The average molecular weight is 320 g/mol. The Bertz CT molecular complexity index is 576. The minimum absolute atomic E-state index is 0.0383. The van der Waals surface area contributed by atoms with Crippen LogP contribution in [0, 0.1) is 5.41 Å². The van der Waals surface area contributed by atoms with Gasteiger partial charge in [0.1, 0.15) is 5.75 Å². The van der Waals surface area contributed by atoms with Crippen LogP contribution in [0.3, 0.4) is 0 Å². The minimum atomic E-state index is -0.441. The number of carbonyl (C=O) groups is 3. The number of rotatable bonds is 6. The molecule has 0 aliphatic carbocycles. The lowest BCUT2D eigenvalue weighted by Gasteiger charge is -2.17. The van der Waals surface area contributed by atoms with Gasteiger partial charge in [-0.15, -0.1) is 0 Å². The monoisotopic (exact) mass is 320 g/mol. The molecule has 1 rings (SSSR count). The van der Waals surface area contributed by atoms with Crippen molar-refractivity contribution >= 4 is 17.8 Å². The number of amides is 2. The van der Waals surface area contributed by atoms with Crippen molar-refractivity contribution in [1.29, 1.82) is 0 Å². The van der Waals surface area contributed by atoms with Gasteiger partial charge in [-0.3, -0.25) is 14.4 Å². The van der Waals surface area contributed by atoms with Crippen molar-refractivity contribution in [3.63, 3.8) is 0 Å². The third-order valence-electron chi connectivity index (χ3n) is 2.78. The molecule has 126 valence electrons. The number of ether oxygens (including phenoxy) is 1. The fourth-order valence-corrected chi connectivity index (χ4v) is 1.89. The highest BCUT2D eigenvalue weighted by Gasteiger charge is 2.15. The van der Waals surface area contributed by atoms with Crippen LogP contribution in [0.5, 0.6) is 5.75 Å². The van der Waals surface area contributed by atoms with Gasteiger partial charge in [0, 0.05) is 32.0 Å². The first-order valence-corrected chi connectivity index (χ1v) is 7.51. The van der Waals surface area contributed by atoms with E-state index < -0.39 is 5.97 Å². The maximum absolute atomic E-state index is 12.0. The second kappa shape index (κ2) is 8.31. The summed E-state index contributed by atoms with van der Waals surface area (Å²) in [5, 5.41) is 5.46. The molecule has 0 heterocycles. The third-order valence-corrected chi connectivity index (χ3v) is 2.78. The van der Waals surface area contributed by atoms with E-state index in [1.165, 1.54) is 13.0 Å². The Morgan fingerprint density at radius 1 is 1.09 bits per heavy atom. The molecule has 1 aromatic rings. The SMILES string of the molecule is CC(=O)Oc1cccc(C(=O)NCCNC(=O)CC(C)(C)C)c1. The van der Waals surface area contributed by atoms with Gasteiger partial charge in [0.15, 0.2) is 0 Å². The van der Waals surface area contributed by atoms with Crippen molar-refractivity contribution in [2.45, 2.75) is 34.1 Å². The summed E-state index contributed by atoms with van der Waals surface area (Å²) in [4.78, 5) is 34.5. The van der Waals surface area contributed by atoms with Gasteiger partial charge in [-0.2, -0.15) is 0 Å². The molecule has 6 heteroatoms. The van der Waals surface area contributed by atoms with Crippen LogP contribution in [-0.4, -0.2) is 30.9 Å². The Kier molecular flexibility index (Phi) is 6.75. The minimum Gasteiger partial charge on any atom is -0.427 e. The van der Waals surface area contributed by atoms with Crippen LogP contribution in [0.15, 0.2) is 24.3 Å². The molecule has 0 spiro atoms. The number of hydrogen-bond acceptors (Lipinski definition) is 4. The lowest BCUT2D eigenvalue weighted by atomic mass is 9.92. The van der Waals surface area contributed by atoms with Gasteiger partial charge in [-0.25, -0.2) is 0 Å². The van der Waals surface area contributed by atoms with Gasteiger partial charge in [-0.05, 0) is 23.6 Å². The Balaban J connectivity index is 2.40. The molecular weight excluding hydrogens is 296 g/mol. The first kappa shape index (κ1) is 18.7. The molecule has 0 radical (unpaired) electrons. The Hall–Kier alpha value is -2.37. The summed E-state index contributed by atoms with van der Waals surface area (Å²) in [6, 6.07) is 6.36. The summed E-state index contributed by atoms with van der Waals surface area (Å²) >= 11 is 0. The normalized spacial score (nSPS) is 10.8. The van der Waals surface area contributed by atoms with Crippen LogP contribution >= 0.6 is 0 Å². The van der Waals surface area contributed by atoms with Crippen LogP contribution in [0.4, 0.5) is 0 Å². The zero-order valence-electron chi connectivity index (χ0n) is 14.1. The molecule has 0 fully saturated rings. The van der Waals surface area contributed by atoms with E-state index in [0.717, 1.165) is 0 Å². The summed E-state index contributed by atoms with van der Waals surface area (Å²) < 4.78 is 4.93. The molecule has 1 aromatic carbocycles. The van der Waals surface area contributed by atoms with E-state index >= 15 is 0 Å². The van der Waals surface area contributed by atoms with Crippen LogP contribution in [0.2, 0.25) is 0 Å². The van der Waals surface area contributed by atoms with E-state index in [-0.39, 0.29) is 17.2 Å². The van der Waals surface area contributed by atoms with E-state index in [9.17, 15) is 14.4 Å². The summed E-state index contributed by atoms with van der Waals surface area (Å²) in [5.41, 5.74) is 0.328. The van der Waals surface area contributed by atoms with E-state index in [0.29, 0.717) is 30.8 Å². The molecule has 0 atom stereocenters. The van der Waals surface area contributed by atoms with Gasteiger partial charge < -0.3 is 15.4 Å². The van der Waals surface area contributed by atoms with Gasteiger partial charge >= 0.3 is 5.97 Å². The third kappa shape index (κ3) is 7.99. The topological polar surface area (TPSA) is 84.5 Å². The van der Waals surface area contributed by atoms with E-state index in [4.69, 9.17) is 4.74 Å². The zero-order valence-corrected chi connectivity index (χ0v) is 14.1. The van der Waals surface area contributed by atoms with Crippen molar-refractivity contribution in [1.82, 2.24) is 10.6 Å². The van der Waals surface area contributed by atoms with E-state index in [1.807, 2.05) is 20.8 Å². The number of nitrogens with one attached hydrogen (secondary N) is 2. The Morgan fingerprint density at radius 3 is 2.35 bits per heavy atom. The van der Waals surface area contributed by atoms with Gasteiger partial charge in [0.05, 0.1) is 0 Å². The fraction of sp³-hybridized carbons (Fsp3) is 0.471. The van der Waals surface area contributed by atoms with Crippen LogP contribution in [0.25, 0.3) is 0 Å². The van der Waals surface area contributed by atoms with E-state index in [1.54, 1.807) is 18.2 Å². The average Bonchev–Trinajstić information content (AvgIpc) is 2.41. The number of esters is 1. The summed E-state index contributed by atoms with van der Waals surface area (Å²) in [7, 11) is 0. The van der Waals surface area contributed by atoms with Crippen molar-refractivity contribution in [3.05, 3.63) is 29.8 Å². The molecule has 0 aliphatic rings. The second-order valence-electron chi connectivity index (χ2n) is 6.46. The standard InChI is InChI=1S/C17H24N2O4/c1-12(20)23-14-7-5-6-13(10-14)16(22)19-9-8-18-15(21)11-17(2,3)4/h5-7,10H,8-9,11H2,1-4H3,(H,18,21)(H,19,22). The molecule has 2 N–H and O–H groups in total. The molecule has 0 bridgehead atoms. The van der Waals surface area contributed by atoms with Gasteiger partial charge in [-0.1, -0.05) is 26.8 Å². The molecule has 0 saturated heterocycles. The summed E-state index contributed by atoms with van der Waals surface area (Å²) in [5.74, 6) is -0.444. The van der Waals surface area contributed by atoms with Crippen molar-refractivity contribution < 1.29 is 19.1 Å². The maximum atomic E-state index is 12.0. The van der Waals surface area contributed by atoms with Gasteiger partial charge in [0.25, 0.3) is 5.91 Å². The Labute approximate surface area is 136 Å². The quantitative estimate of drug-likeness (QED) is 0.476. The number of carbonyl (C=O) groups excluding carboxylic acids is 3. The lowest BCUT2D eigenvalue weighted by Crippen LogP contribution is -2.35. The molecule has 0 aromatic heterocycles. The highest BCUT2D eigenvalue weighted by Crippen LogP contribution is 2.17. The predicted molar refractivity (Wildman–Crippen MR) is 87.2 cm³/mol. The second-order valence-corrected chi connectivity index (χ2v) is 6.46. The van der Waals surface area contributed by atoms with Crippen molar-refractivity contribution in [2.24, 2.45) is 5.41 Å². The molecular formula is C17H24N2O4. The highest BCUT2D eigenvalue weighted by atomic mass is 16.5. The van der Waals surface area contributed by atoms with Gasteiger partial charge in [0.2, 0.25) is 5.91 Å². The number of benzene rings is 1. The molecule has 0 saturated carbocycles. The highest BCUT2D eigenvalue weighted by molar-refractivity contribution is 5.94. The summed E-state index contributed by atoms with van der Waals surface area (Å²) in [6.45, 7) is 7.96. The molecule has 2 amide bonds. The molecule has 0 aliphatic heterocycles. The number of hydrogen-bond donors (Lipinski definition) is 2. The van der Waals surface area contributed by atoms with E-state index in [2.05, 4.69) is 10.6 Å².